The van der Waals surface area contributed by atoms with E-state index in [1.54, 1.807) is 22.6 Å². The van der Waals surface area contributed by atoms with Crippen molar-refractivity contribution in [3.05, 3.63) is 30.1 Å². The molecule has 0 aliphatic carbocycles. The van der Waals surface area contributed by atoms with Crippen LogP contribution in [0.15, 0.2) is 24.4 Å². The van der Waals surface area contributed by atoms with Gasteiger partial charge >= 0.3 is 0 Å². The Labute approximate surface area is 150 Å². The molecule has 3 aromatic rings. The van der Waals surface area contributed by atoms with E-state index in [-0.39, 0.29) is 24.1 Å². The quantitative estimate of drug-likeness (QED) is 0.752. The molecule has 0 radical (unpaired) electrons. The fourth-order valence-corrected chi connectivity index (χ4v) is 3.50. The second-order valence-corrected chi connectivity index (χ2v) is 6.61. The summed E-state index contributed by atoms with van der Waals surface area (Å²) in [5, 5.41) is 0.779. The summed E-state index contributed by atoms with van der Waals surface area (Å²) in [6.45, 7) is 5.00. The van der Waals surface area contributed by atoms with Crippen LogP contribution in [-0.4, -0.2) is 57.6 Å². The number of morpholine rings is 1. The Morgan fingerprint density at radius 1 is 1.27 bits per heavy atom. The summed E-state index contributed by atoms with van der Waals surface area (Å²) in [6, 6.07) is 5.57. The van der Waals surface area contributed by atoms with E-state index in [1.807, 2.05) is 32.0 Å². The Balaban J connectivity index is 1.81. The number of methoxy groups -OCH3 is 1. The zero-order valence-corrected chi connectivity index (χ0v) is 15.0. The summed E-state index contributed by atoms with van der Waals surface area (Å²) in [5.41, 5.74) is 7.65. The number of benzene rings is 1. The van der Waals surface area contributed by atoms with Gasteiger partial charge in [0.2, 0.25) is 5.95 Å². The molecule has 0 unspecified atom stereocenters. The van der Waals surface area contributed by atoms with Crippen LogP contribution < -0.4 is 10.5 Å². The number of nitrogens with two attached hydrogens (primary N) is 1. The van der Waals surface area contributed by atoms with Crippen LogP contribution in [0.3, 0.4) is 0 Å². The molecular weight excluding hydrogens is 334 g/mol. The predicted molar refractivity (Wildman–Crippen MR) is 97.4 cm³/mol. The summed E-state index contributed by atoms with van der Waals surface area (Å²) < 4.78 is 12.7. The number of anilines is 1. The molecule has 8 heteroatoms. The van der Waals surface area contributed by atoms with Crippen molar-refractivity contribution in [2.24, 2.45) is 0 Å². The minimum Gasteiger partial charge on any atom is -0.494 e. The molecule has 1 aliphatic rings. The van der Waals surface area contributed by atoms with Crippen LogP contribution in [0, 0.1) is 0 Å². The molecule has 1 aliphatic heterocycles. The van der Waals surface area contributed by atoms with E-state index in [2.05, 4.69) is 9.97 Å². The van der Waals surface area contributed by atoms with E-state index in [9.17, 15) is 4.79 Å². The first-order chi connectivity index (χ1) is 12.5. The Morgan fingerprint density at radius 3 is 2.69 bits per heavy atom. The fourth-order valence-electron chi connectivity index (χ4n) is 3.50. The third kappa shape index (κ3) is 2.62. The number of nitrogen functional groups attached to an aromatic ring is 1. The minimum absolute atomic E-state index is 0.00319. The molecule has 136 valence electrons. The Kier molecular flexibility index (Phi) is 3.91. The second kappa shape index (κ2) is 6.14. The molecule has 0 bridgehead atoms. The van der Waals surface area contributed by atoms with Crippen LogP contribution in [-0.2, 0) is 4.74 Å². The molecule has 1 aromatic carbocycles. The highest BCUT2D eigenvalue weighted by Gasteiger charge is 2.28. The third-order valence-corrected chi connectivity index (χ3v) is 4.56. The molecule has 8 nitrogen and oxygen atoms in total. The number of hydrogen-bond acceptors (Lipinski definition) is 6. The normalized spacial score (nSPS) is 20.7. The van der Waals surface area contributed by atoms with Gasteiger partial charge in [-0.3, -0.25) is 9.20 Å². The van der Waals surface area contributed by atoms with Gasteiger partial charge in [-0.1, -0.05) is 6.07 Å². The zero-order chi connectivity index (χ0) is 18.4. The first kappa shape index (κ1) is 16.6. The zero-order valence-electron chi connectivity index (χ0n) is 15.0. The maximum atomic E-state index is 12.9. The number of ether oxygens (including phenoxy) is 2. The van der Waals surface area contributed by atoms with Crippen LogP contribution in [0.5, 0.6) is 5.75 Å². The molecular formula is C18H21N5O3. The second-order valence-electron chi connectivity index (χ2n) is 6.61. The molecule has 1 saturated heterocycles. The topological polar surface area (TPSA) is 95.0 Å². The molecule has 2 N–H and O–H groups in total. The van der Waals surface area contributed by atoms with Gasteiger partial charge in [-0.15, -0.1) is 0 Å². The van der Waals surface area contributed by atoms with Crippen molar-refractivity contribution in [1.29, 1.82) is 0 Å². The first-order valence-corrected chi connectivity index (χ1v) is 8.54. The molecule has 2 aromatic heterocycles. The predicted octanol–water partition coefficient (Wildman–Crippen LogP) is 1.72. The Bertz CT molecular complexity index is 989. The number of fused-ring (bicyclic) bond motifs is 3. The highest BCUT2D eigenvalue weighted by atomic mass is 16.5. The number of rotatable bonds is 2. The van der Waals surface area contributed by atoms with Gasteiger partial charge in [-0.25, -0.2) is 9.97 Å². The number of hydrogen-bond donors (Lipinski definition) is 1. The number of carbonyl (C=O) groups excluding carboxylic acids is 1. The van der Waals surface area contributed by atoms with Crippen LogP contribution in [0.25, 0.3) is 16.6 Å². The monoisotopic (exact) mass is 355 g/mol. The molecule has 0 saturated carbocycles. The third-order valence-electron chi connectivity index (χ3n) is 4.56. The van der Waals surface area contributed by atoms with E-state index in [0.29, 0.717) is 35.7 Å². The lowest BCUT2D eigenvalue weighted by Crippen LogP contribution is -2.48. The lowest BCUT2D eigenvalue weighted by Gasteiger charge is -2.34. The van der Waals surface area contributed by atoms with Gasteiger partial charge < -0.3 is 20.1 Å². The molecule has 1 fully saturated rings. The van der Waals surface area contributed by atoms with Crippen molar-refractivity contribution in [3.63, 3.8) is 0 Å². The average Bonchev–Trinajstić information content (AvgIpc) is 3.06. The van der Waals surface area contributed by atoms with E-state index in [4.69, 9.17) is 15.2 Å². The van der Waals surface area contributed by atoms with Crippen molar-refractivity contribution >= 4 is 28.4 Å². The fraction of sp³-hybridized carbons (Fsp3) is 0.389. The highest BCUT2D eigenvalue weighted by molar-refractivity contribution is 5.99. The van der Waals surface area contributed by atoms with Crippen LogP contribution in [0.1, 0.15) is 24.3 Å². The smallest absolute Gasteiger partial charge is 0.274 e. The molecule has 0 spiro atoms. The Morgan fingerprint density at radius 2 is 2.00 bits per heavy atom. The number of para-hydroxylation sites is 1. The summed E-state index contributed by atoms with van der Waals surface area (Å²) in [6.07, 6.45) is 1.64. The van der Waals surface area contributed by atoms with Crippen molar-refractivity contribution in [2.75, 3.05) is 25.9 Å². The van der Waals surface area contributed by atoms with Gasteiger partial charge in [0, 0.05) is 24.7 Å². The summed E-state index contributed by atoms with van der Waals surface area (Å²) in [4.78, 5) is 23.7. The Hall–Kier alpha value is -2.87. The molecule has 1 amide bonds. The van der Waals surface area contributed by atoms with Gasteiger partial charge in [0.15, 0.2) is 0 Å². The number of nitrogens with zero attached hydrogens (tertiary/aromatic N) is 4. The summed E-state index contributed by atoms with van der Waals surface area (Å²) in [5.74, 6) is 0.738. The largest absolute Gasteiger partial charge is 0.494 e. The summed E-state index contributed by atoms with van der Waals surface area (Å²) >= 11 is 0. The van der Waals surface area contributed by atoms with Gasteiger partial charge in [-0.05, 0) is 26.0 Å². The van der Waals surface area contributed by atoms with Gasteiger partial charge in [0.25, 0.3) is 5.91 Å². The summed E-state index contributed by atoms with van der Waals surface area (Å²) in [7, 11) is 1.58. The molecule has 4 rings (SSSR count). The number of carbonyl (C=O) groups is 1. The van der Waals surface area contributed by atoms with E-state index >= 15 is 0 Å². The van der Waals surface area contributed by atoms with E-state index in [1.165, 1.54) is 0 Å². The van der Waals surface area contributed by atoms with Crippen molar-refractivity contribution in [2.45, 2.75) is 26.1 Å². The maximum absolute atomic E-state index is 12.9. The van der Waals surface area contributed by atoms with Crippen molar-refractivity contribution in [1.82, 2.24) is 19.3 Å². The maximum Gasteiger partial charge on any atom is 0.274 e. The number of aromatic nitrogens is 3. The lowest BCUT2D eigenvalue weighted by atomic mass is 10.2. The molecule has 2 atom stereocenters. The first-order valence-electron chi connectivity index (χ1n) is 8.54. The van der Waals surface area contributed by atoms with Crippen LogP contribution in [0.2, 0.25) is 0 Å². The highest BCUT2D eigenvalue weighted by Crippen LogP contribution is 2.28. The minimum atomic E-state index is -0.133. The van der Waals surface area contributed by atoms with Gasteiger partial charge in [0.05, 0.1) is 19.3 Å². The number of amides is 1. The van der Waals surface area contributed by atoms with Gasteiger partial charge in [-0.2, -0.15) is 0 Å². The van der Waals surface area contributed by atoms with E-state index in [0.717, 1.165) is 5.39 Å². The average molecular weight is 355 g/mol. The van der Waals surface area contributed by atoms with Crippen LogP contribution >= 0.6 is 0 Å². The molecule has 26 heavy (non-hydrogen) atoms. The van der Waals surface area contributed by atoms with E-state index < -0.39 is 0 Å². The van der Waals surface area contributed by atoms with Crippen LogP contribution in [0.4, 0.5) is 5.95 Å². The standard InChI is InChI=1S/C18H21N5O3/c1-10-7-22(8-11(2)26-10)17(24)13-9-23-16(20-13)12-5-4-6-14(25-3)15(12)21-18(23)19/h4-6,9-11H,7-8H2,1-3H3,(H2,19,21)/t10-,11+. The number of imidazole rings is 1. The van der Waals surface area contributed by atoms with Gasteiger partial charge in [0.1, 0.15) is 22.6 Å². The molecule has 3 heterocycles. The SMILES string of the molecule is COc1cccc2c1nc(N)n1cc(C(=O)N3C[C@@H](C)O[C@@H](C)C3)nc21. The lowest BCUT2D eigenvalue weighted by molar-refractivity contribution is -0.0587. The van der Waals surface area contributed by atoms with Crippen molar-refractivity contribution < 1.29 is 14.3 Å². The van der Waals surface area contributed by atoms with Crippen molar-refractivity contribution in [3.8, 4) is 5.75 Å².